The molecule has 2 aromatic rings. The summed E-state index contributed by atoms with van der Waals surface area (Å²) in [7, 11) is 0. The van der Waals surface area contributed by atoms with Crippen LogP contribution in [0.4, 0.5) is 0 Å². The Balaban J connectivity index is 1.62. The van der Waals surface area contributed by atoms with E-state index in [9.17, 15) is 14.7 Å². The molecule has 1 unspecified atom stereocenters. The lowest BCUT2D eigenvalue weighted by Gasteiger charge is -2.30. The average Bonchev–Trinajstić information content (AvgIpc) is 3.33. The molecule has 9 heteroatoms. The second kappa shape index (κ2) is 11.3. The molecule has 1 fully saturated rings. The third kappa shape index (κ3) is 5.58. The molecule has 1 N–H and O–H groups in total. The molecule has 188 valence electrons. The molecular weight excluding hydrogens is 466 g/mol. The van der Waals surface area contributed by atoms with Gasteiger partial charge in [-0.3, -0.25) is 14.5 Å². The molecule has 4 rings (SSSR count). The number of amides is 1. The van der Waals surface area contributed by atoms with Gasteiger partial charge in [-0.15, -0.1) is 11.3 Å². The topological polar surface area (TPSA) is 92.2 Å². The second-order valence-corrected chi connectivity index (χ2v) is 10.1. The highest BCUT2D eigenvalue weighted by Crippen LogP contribution is 2.40. The van der Waals surface area contributed by atoms with Gasteiger partial charge in [0, 0.05) is 26.2 Å². The zero-order valence-electron chi connectivity index (χ0n) is 20.6. The van der Waals surface area contributed by atoms with Gasteiger partial charge in [0.05, 0.1) is 47.0 Å². The van der Waals surface area contributed by atoms with Crippen molar-refractivity contribution in [3.8, 4) is 5.75 Å². The molecule has 1 atom stereocenters. The van der Waals surface area contributed by atoms with Crippen LogP contribution in [0.2, 0.25) is 0 Å². The number of carbonyl (C=O) groups excluding carboxylic acids is 2. The summed E-state index contributed by atoms with van der Waals surface area (Å²) in [6.07, 6.45) is 1.63. The van der Waals surface area contributed by atoms with Crippen LogP contribution in [-0.2, 0) is 9.53 Å². The summed E-state index contributed by atoms with van der Waals surface area (Å²) in [6.45, 7) is 10.7. The number of ketones is 1. The van der Waals surface area contributed by atoms with Gasteiger partial charge in [0.15, 0.2) is 5.76 Å². The monoisotopic (exact) mass is 499 g/mol. The third-order valence-corrected chi connectivity index (χ3v) is 7.38. The number of thiazole rings is 1. The maximum absolute atomic E-state index is 13.6. The lowest BCUT2D eigenvalue weighted by atomic mass is 9.95. The fourth-order valence-corrected chi connectivity index (χ4v) is 5.46. The van der Waals surface area contributed by atoms with Crippen molar-refractivity contribution in [1.82, 2.24) is 14.8 Å². The fourth-order valence-electron chi connectivity index (χ4n) is 4.58. The van der Waals surface area contributed by atoms with Crippen LogP contribution >= 0.6 is 11.3 Å². The first-order chi connectivity index (χ1) is 16.9. The van der Waals surface area contributed by atoms with Crippen molar-refractivity contribution in [3.05, 3.63) is 56.7 Å². The van der Waals surface area contributed by atoms with Gasteiger partial charge in [0.1, 0.15) is 5.75 Å². The van der Waals surface area contributed by atoms with Crippen molar-refractivity contribution in [2.45, 2.75) is 39.7 Å². The van der Waals surface area contributed by atoms with Gasteiger partial charge in [0.2, 0.25) is 5.78 Å². The van der Waals surface area contributed by atoms with E-state index in [2.05, 4.69) is 9.88 Å². The van der Waals surface area contributed by atoms with Crippen LogP contribution in [0.25, 0.3) is 0 Å². The highest BCUT2D eigenvalue weighted by atomic mass is 32.1. The highest BCUT2D eigenvalue weighted by molar-refractivity contribution is 7.14. The van der Waals surface area contributed by atoms with E-state index in [0.29, 0.717) is 36.9 Å². The quantitative estimate of drug-likeness (QED) is 0.497. The maximum Gasteiger partial charge on any atom is 0.290 e. The number of aryl methyl sites for hydroxylation is 2. The van der Waals surface area contributed by atoms with Crippen molar-refractivity contribution in [2.24, 2.45) is 0 Å². The number of rotatable bonds is 10. The molecule has 1 aromatic heterocycles. The summed E-state index contributed by atoms with van der Waals surface area (Å²) in [5.41, 5.74) is 1.49. The molecule has 1 saturated heterocycles. The Morgan fingerprint density at radius 1 is 1.20 bits per heavy atom. The predicted octanol–water partition coefficient (Wildman–Crippen LogP) is 3.85. The summed E-state index contributed by atoms with van der Waals surface area (Å²) in [5, 5.41) is 11.7. The summed E-state index contributed by atoms with van der Waals surface area (Å²) in [4.78, 5) is 35.6. The summed E-state index contributed by atoms with van der Waals surface area (Å²) < 4.78 is 11.1. The van der Waals surface area contributed by atoms with Crippen LogP contribution in [0.5, 0.6) is 5.75 Å². The van der Waals surface area contributed by atoms with Gasteiger partial charge in [0.25, 0.3) is 5.91 Å². The van der Waals surface area contributed by atoms with Gasteiger partial charge < -0.3 is 19.5 Å². The van der Waals surface area contributed by atoms with Crippen molar-refractivity contribution in [3.63, 3.8) is 0 Å². The van der Waals surface area contributed by atoms with Gasteiger partial charge >= 0.3 is 0 Å². The van der Waals surface area contributed by atoms with E-state index < -0.39 is 17.7 Å². The predicted molar refractivity (Wildman–Crippen MR) is 134 cm³/mol. The number of hydrogen-bond acceptors (Lipinski definition) is 8. The molecule has 0 spiro atoms. The number of Topliss-reactive ketones (excluding diaryl/α,β-unsaturated/α-hetero) is 1. The number of aliphatic hydroxyl groups is 1. The van der Waals surface area contributed by atoms with E-state index in [0.717, 1.165) is 48.8 Å². The second-order valence-electron chi connectivity index (χ2n) is 8.86. The van der Waals surface area contributed by atoms with Crippen LogP contribution in [-0.4, -0.2) is 77.6 Å². The molecule has 0 bridgehead atoms. The first-order valence-electron chi connectivity index (χ1n) is 12.2. The fraction of sp³-hybridized carbons (Fsp3) is 0.500. The van der Waals surface area contributed by atoms with E-state index in [4.69, 9.17) is 9.47 Å². The van der Waals surface area contributed by atoms with Gasteiger partial charge in [-0.2, -0.15) is 0 Å². The lowest BCUT2D eigenvalue weighted by Crippen LogP contribution is -2.39. The Labute approximate surface area is 210 Å². The maximum atomic E-state index is 13.6. The molecule has 2 aliphatic heterocycles. The number of aliphatic hydroxyl groups excluding tert-OH is 1. The van der Waals surface area contributed by atoms with Crippen LogP contribution in [0.3, 0.4) is 0 Å². The number of hydrogen-bond donors (Lipinski definition) is 1. The summed E-state index contributed by atoms with van der Waals surface area (Å²) in [6, 6.07) is 6.77. The van der Waals surface area contributed by atoms with Gasteiger partial charge in [-0.25, -0.2) is 4.98 Å². The van der Waals surface area contributed by atoms with E-state index >= 15 is 0 Å². The smallest absolute Gasteiger partial charge is 0.290 e. The molecule has 0 aliphatic carbocycles. The van der Waals surface area contributed by atoms with Crippen molar-refractivity contribution in [1.29, 1.82) is 0 Å². The number of aromatic nitrogens is 1. The van der Waals surface area contributed by atoms with E-state index in [1.165, 1.54) is 11.3 Å². The molecule has 1 amide bonds. The number of nitrogens with zero attached hydrogens (tertiary/aromatic N) is 3. The summed E-state index contributed by atoms with van der Waals surface area (Å²) >= 11 is 1.28. The molecule has 0 saturated carbocycles. The van der Waals surface area contributed by atoms with Crippen molar-refractivity contribution in [2.75, 3.05) is 46.0 Å². The normalized spacial score (nSPS) is 19.0. The molecule has 8 nitrogen and oxygen atoms in total. The van der Waals surface area contributed by atoms with Crippen molar-refractivity contribution < 1.29 is 24.2 Å². The van der Waals surface area contributed by atoms with Crippen LogP contribution in [0.1, 0.15) is 51.7 Å². The minimum atomic E-state index is -0.665. The molecule has 2 aliphatic rings. The molecule has 3 heterocycles. The Kier molecular flexibility index (Phi) is 8.20. The first-order valence-corrected chi connectivity index (χ1v) is 13.0. The van der Waals surface area contributed by atoms with E-state index in [1.54, 1.807) is 11.8 Å². The third-order valence-electron chi connectivity index (χ3n) is 6.30. The Bertz CT molecular complexity index is 1090. The molecule has 1 aromatic carbocycles. The molecule has 35 heavy (non-hydrogen) atoms. The largest absolute Gasteiger partial charge is 0.503 e. The van der Waals surface area contributed by atoms with E-state index in [1.807, 2.05) is 38.1 Å². The number of ether oxygens (including phenoxy) is 2. The SMILES string of the molecule is CCCOc1ccc(C2C(C(=O)c3sc(C)nc3C)=C(O)C(=O)N2CCCN2CCOCC2)cc1. The number of benzene rings is 1. The first kappa shape index (κ1) is 25.3. The Morgan fingerprint density at radius 2 is 1.91 bits per heavy atom. The number of carbonyl (C=O) groups is 2. The van der Waals surface area contributed by atoms with Gasteiger partial charge in [-0.05, 0) is 44.4 Å². The minimum absolute atomic E-state index is 0.121. The Morgan fingerprint density at radius 3 is 2.54 bits per heavy atom. The zero-order chi connectivity index (χ0) is 24.9. The standard InChI is InChI=1S/C26H33N3O5S/c1-4-14-34-20-8-6-19(7-9-20)22-21(23(30)25-17(2)27-18(3)35-25)24(31)26(32)29(22)11-5-10-28-12-15-33-16-13-28/h6-9,22,31H,4-5,10-16H2,1-3H3. The molecular formula is C26H33N3O5S. The van der Waals surface area contributed by atoms with Gasteiger partial charge in [-0.1, -0.05) is 19.1 Å². The van der Waals surface area contributed by atoms with Crippen molar-refractivity contribution >= 4 is 23.0 Å². The Hall–Kier alpha value is -2.75. The minimum Gasteiger partial charge on any atom is -0.503 e. The molecule has 0 radical (unpaired) electrons. The summed E-state index contributed by atoms with van der Waals surface area (Å²) in [5.74, 6) is -0.589. The zero-order valence-corrected chi connectivity index (χ0v) is 21.4. The average molecular weight is 500 g/mol. The number of morpholine rings is 1. The van der Waals surface area contributed by atoms with E-state index in [-0.39, 0.29) is 11.4 Å². The van der Waals surface area contributed by atoms with Crippen LogP contribution < -0.4 is 4.74 Å². The highest BCUT2D eigenvalue weighted by Gasteiger charge is 2.44. The van der Waals surface area contributed by atoms with Crippen LogP contribution in [0, 0.1) is 13.8 Å². The van der Waals surface area contributed by atoms with Crippen LogP contribution in [0.15, 0.2) is 35.6 Å². The lowest BCUT2D eigenvalue weighted by molar-refractivity contribution is -0.129.